The minimum atomic E-state index is -0.192. The van der Waals surface area contributed by atoms with Crippen LogP contribution in [0.15, 0.2) is 11.6 Å². The Balaban J connectivity index is 1.93. The van der Waals surface area contributed by atoms with Gasteiger partial charge in [0.2, 0.25) is 0 Å². The smallest absolute Gasteiger partial charge is 0.160 e. The molecule has 0 unspecified atom stereocenters. The Morgan fingerprint density at radius 3 is 2.59 bits per heavy atom. The molecule has 1 fully saturated rings. The van der Waals surface area contributed by atoms with Crippen molar-refractivity contribution < 1.29 is 4.79 Å². The van der Waals surface area contributed by atoms with E-state index in [-0.39, 0.29) is 5.54 Å². The number of carbonyl (C=O) groups is 1. The van der Waals surface area contributed by atoms with Crippen LogP contribution in [0.3, 0.4) is 0 Å². The van der Waals surface area contributed by atoms with Crippen molar-refractivity contribution in [3.8, 4) is 0 Å². The molecule has 0 spiro atoms. The molecule has 0 aromatic carbocycles. The zero-order chi connectivity index (χ0) is 12.1. The Kier molecular flexibility index (Phi) is 4.38. The van der Waals surface area contributed by atoms with E-state index in [0.717, 1.165) is 31.3 Å². The molecule has 2 heteroatoms. The van der Waals surface area contributed by atoms with Crippen LogP contribution in [0.4, 0.5) is 0 Å². The van der Waals surface area contributed by atoms with Crippen LogP contribution in [0.1, 0.15) is 70.6 Å². The molecule has 0 heterocycles. The van der Waals surface area contributed by atoms with Crippen molar-refractivity contribution in [3.05, 3.63) is 11.6 Å². The Morgan fingerprint density at radius 1 is 1.12 bits per heavy atom. The molecule has 0 aromatic rings. The van der Waals surface area contributed by atoms with Gasteiger partial charge < -0.3 is 5.73 Å². The second kappa shape index (κ2) is 5.81. The molecule has 2 aliphatic rings. The van der Waals surface area contributed by atoms with Crippen molar-refractivity contribution in [2.24, 2.45) is 5.73 Å². The lowest BCUT2D eigenvalue weighted by Crippen LogP contribution is -2.43. The topological polar surface area (TPSA) is 43.1 Å². The predicted octanol–water partition coefficient (Wildman–Crippen LogP) is 3.50. The summed E-state index contributed by atoms with van der Waals surface area (Å²) in [5, 5.41) is 0. The zero-order valence-electron chi connectivity index (χ0n) is 10.8. The molecular formula is C15H25NO. The Hall–Kier alpha value is -0.630. The molecule has 0 radical (unpaired) electrons. The third kappa shape index (κ3) is 3.67. The third-order valence-corrected chi connectivity index (χ3v) is 4.26. The first kappa shape index (κ1) is 12.8. The second-order valence-corrected chi connectivity index (χ2v) is 5.85. The summed E-state index contributed by atoms with van der Waals surface area (Å²) in [6.45, 7) is 0. The van der Waals surface area contributed by atoms with Crippen LogP contribution < -0.4 is 5.73 Å². The van der Waals surface area contributed by atoms with Crippen molar-refractivity contribution >= 4 is 5.78 Å². The van der Waals surface area contributed by atoms with E-state index in [9.17, 15) is 4.79 Å². The number of Topliss-reactive ketones (excluding diaryl/α,β-unsaturated/α-hetero) is 1. The average Bonchev–Trinajstić information content (AvgIpc) is 2.57. The summed E-state index contributed by atoms with van der Waals surface area (Å²) in [6.07, 6.45) is 14.2. The summed E-state index contributed by atoms with van der Waals surface area (Å²) in [4.78, 5) is 12.3. The summed E-state index contributed by atoms with van der Waals surface area (Å²) < 4.78 is 0. The molecule has 0 saturated heterocycles. The van der Waals surface area contributed by atoms with E-state index in [1.54, 1.807) is 0 Å². The first-order chi connectivity index (χ1) is 8.20. The number of nitrogens with two attached hydrogens (primary N) is 1. The van der Waals surface area contributed by atoms with Gasteiger partial charge in [-0.1, -0.05) is 31.8 Å². The molecule has 0 aliphatic heterocycles. The van der Waals surface area contributed by atoms with Crippen LogP contribution in [0, 0.1) is 0 Å². The summed E-state index contributed by atoms with van der Waals surface area (Å²) in [6, 6.07) is 0. The number of allylic oxidation sites excluding steroid dienone is 2. The van der Waals surface area contributed by atoms with Crippen LogP contribution in [0.2, 0.25) is 0 Å². The molecule has 0 atom stereocenters. The molecule has 96 valence electrons. The zero-order valence-corrected chi connectivity index (χ0v) is 10.8. The summed E-state index contributed by atoms with van der Waals surface area (Å²) in [5.41, 5.74) is 7.23. The lowest BCUT2D eigenvalue weighted by atomic mass is 9.78. The molecule has 1 saturated carbocycles. The van der Waals surface area contributed by atoms with Crippen molar-refractivity contribution in [2.45, 2.75) is 76.2 Å². The molecular weight excluding hydrogens is 210 g/mol. The number of carbonyl (C=O) groups excluding carboxylic acids is 1. The van der Waals surface area contributed by atoms with Gasteiger partial charge in [0.1, 0.15) is 0 Å². The molecule has 2 N–H and O–H groups in total. The van der Waals surface area contributed by atoms with Crippen LogP contribution in [-0.2, 0) is 4.79 Å². The first-order valence-corrected chi connectivity index (χ1v) is 7.21. The van der Waals surface area contributed by atoms with Crippen molar-refractivity contribution in [2.75, 3.05) is 0 Å². The maximum absolute atomic E-state index is 12.3. The second-order valence-electron chi connectivity index (χ2n) is 5.85. The minimum Gasteiger partial charge on any atom is -0.325 e. The Labute approximate surface area is 105 Å². The third-order valence-electron chi connectivity index (χ3n) is 4.26. The largest absolute Gasteiger partial charge is 0.325 e. The van der Waals surface area contributed by atoms with E-state index in [0.29, 0.717) is 12.2 Å². The maximum Gasteiger partial charge on any atom is 0.160 e. The average molecular weight is 235 g/mol. The van der Waals surface area contributed by atoms with Gasteiger partial charge >= 0.3 is 0 Å². The van der Waals surface area contributed by atoms with Gasteiger partial charge in [0.25, 0.3) is 0 Å². The van der Waals surface area contributed by atoms with Crippen LogP contribution in [-0.4, -0.2) is 11.3 Å². The monoisotopic (exact) mass is 235 g/mol. The van der Waals surface area contributed by atoms with E-state index < -0.39 is 0 Å². The summed E-state index contributed by atoms with van der Waals surface area (Å²) >= 11 is 0. The Bertz CT molecular complexity index is 300. The summed E-state index contributed by atoms with van der Waals surface area (Å²) in [7, 11) is 0. The maximum atomic E-state index is 12.3. The molecule has 2 nitrogen and oxygen atoms in total. The molecule has 2 aliphatic carbocycles. The Morgan fingerprint density at radius 2 is 1.82 bits per heavy atom. The van der Waals surface area contributed by atoms with E-state index >= 15 is 0 Å². The molecule has 0 amide bonds. The lowest BCUT2D eigenvalue weighted by Gasteiger charge is -2.33. The SMILES string of the molecule is NC1(CC(=O)C2=CCCCCC2)CCCCC1. The fourth-order valence-electron chi connectivity index (χ4n) is 3.13. The van der Waals surface area contributed by atoms with Gasteiger partial charge in [0, 0.05) is 12.0 Å². The van der Waals surface area contributed by atoms with Gasteiger partial charge in [0.15, 0.2) is 5.78 Å². The fraction of sp³-hybridized carbons (Fsp3) is 0.800. The molecule has 0 aromatic heterocycles. The van der Waals surface area contributed by atoms with E-state index in [1.165, 1.54) is 38.5 Å². The van der Waals surface area contributed by atoms with Crippen LogP contribution >= 0.6 is 0 Å². The molecule has 0 bridgehead atoms. The standard InChI is InChI=1S/C15H25NO/c16-15(10-6-3-7-11-15)12-14(17)13-8-4-1-2-5-9-13/h8H,1-7,9-12,16H2. The first-order valence-electron chi connectivity index (χ1n) is 7.21. The molecule has 17 heavy (non-hydrogen) atoms. The van der Waals surface area contributed by atoms with E-state index in [1.807, 2.05) is 0 Å². The van der Waals surface area contributed by atoms with Crippen molar-refractivity contribution in [1.82, 2.24) is 0 Å². The highest BCUT2D eigenvalue weighted by atomic mass is 16.1. The van der Waals surface area contributed by atoms with Crippen LogP contribution in [0.25, 0.3) is 0 Å². The lowest BCUT2D eigenvalue weighted by molar-refractivity contribution is -0.117. The molecule has 2 rings (SSSR count). The predicted molar refractivity (Wildman–Crippen MR) is 70.8 cm³/mol. The van der Waals surface area contributed by atoms with Gasteiger partial charge in [-0.15, -0.1) is 0 Å². The van der Waals surface area contributed by atoms with E-state index in [4.69, 9.17) is 5.73 Å². The van der Waals surface area contributed by atoms with Gasteiger partial charge in [-0.3, -0.25) is 4.79 Å². The quantitative estimate of drug-likeness (QED) is 0.813. The number of ketones is 1. The van der Waals surface area contributed by atoms with Gasteiger partial charge in [-0.2, -0.15) is 0 Å². The van der Waals surface area contributed by atoms with Gasteiger partial charge in [-0.25, -0.2) is 0 Å². The summed E-state index contributed by atoms with van der Waals surface area (Å²) in [5.74, 6) is 0.330. The number of hydrogen-bond acceptors (Lipinski definition) is 2. The number of rotatable bonds is 3. The van der Waals surface area contributed by atoms with Gasteiger partial charge in [-0.05, 0) is 44.1 Å². The van der Waals surface area contributed by atoms with Crippen molar-refractivity contribution in [3.63, 3.8) is 0 Å². The highest BCUT2D eigenvalue weighted by Gasteiger charge is 2.30. The number of hydrogen-bond donors (Lipinski definition) is 1. The van der Waals surface area contributed by atoms with Crippen molar-refractivity contribution in [1.29, 1.82) is 0 Å². The highest BCUT2D eigenvalue weighted by Crippen LogP contribution is 2.30. The van der Waals surface area contributed by atoms with Crippen LogP contribution in [0.5, 0.6) is 0 Å². The van der Waals surface area contributed by atoms with E-state index in [2.05, 4.69) is 6.08 Å². The highest BCUT2D eigenvalue weighted by molar-refractivity contribution is 5.96. The minimum absolute atomic E-state index is 0.192. The van der Waals surface area contributed by atoms with Gasteiger partial charge in [0.05, 0.1) is 0 Å². The fourth-order valence-corrected chi connectivity index (χ4v) is 3.13. The normalized spacial score (nSPS) is 24.9.